The van der Waals surface area contributed by atoms with Crippen molar-refractivity contribution in [1.29, 1.82) is 0 Å². The molecule has 0 N–H and O–H groups in total. The predicted molar refractivity (Wildman–Crippen MR) is 98.3 cm³/mol. The lowest BCUT2D eigenvalue weighted by Gasteiger charge is -2.07. The molecule has 6 heteroatoms. The highest BCUT2D eigenvalue weighted by atomic mass is 19.1. The van der Waals surface area contributed by atoms with Gasteiger partial charge in [0, 0.05) is 23.3 Å². The van der Waals surface area contributed by atoms with Crippen molar-refractivity contribution in [1.82, 2.24) is 0 Å². The number of hydrogen-bond acceptors (Lipinski definition) is 5. The van der Waals surface area contributed by atoms with Gasteiger partial charge < -0.3 is 14.2 Å². The first kappa shape index (κ1) is 19.7. The number of rotatable bonds is 7. The molecule has 0 aromatic heterocycles. The van der Waals surface area contributed by atoms with E-state index in [0.717, 1.165) is 18.6 Å². The Hall–Kier alpha value is -3.67. The van der Waals surface area contributed by atoms with Crippen molar-refractivity contribution in [2.45, 2.75) is 6.92 Å². The van der Waals surface area contributed by atoms with Gasteiger partial charge in [-0.1, -0.05) is 25.3 Å². The first-order valence-corrected chi connectivity index (χ1v) is 7.83. The van der Waals surface area contributed by atoms with Crippen LogP contribution in [0.5, 0.6) is 11.5 Å². The van der Waals surface area contributed by atoms with E-state index in [1.807, 2.05) is 0 Å². The van der Waals surface area contributed by atoms with Crippen LogP contribution in [0, 0.1) is 5.82 Å². The van der Waals surface area contributed by atoms with Gasteiger partial charge in [-0.05, 0) is 36.8 Å². The molecule has 0 saturated carbocycles. The average Bonchev–Trinajstić information content (AvgIpc) is 2.65. The van der Waals surface area contributed by atoms with Gasteiger partial charge in [0.1, 0.15) is 29.8 Å². The summed E-state index contributed by atoms with van der Waals surface area (Å²) in [6.45, 7) is 8.27. The summed E-state index contributed by atoms with van der Waals surface area (Å²) in [4.78, 5) is 22.3. The summed E-state index contributed by atoms with van der Waals surface area (Å²) in [6.07, 6.45) is 3.23. The number of hydrogen-bond donors (Lipinski definition) is 0. The highest BCUT2D eigenvalue weighted by molar-refractivity contribution is 5.87. The molecule has 0 radical (unpaired) electrons. The van der Waals surface area contributed by atoms with Crippen molar-refractivity contribution in [3.63, 3.8) is 0 Å². The molecule has 2 aromatic rings. The molecule has 0 atom stereocenters. The van der Waals surface area contributed by atoms with E-state index in [0.29, 0.717) is 16.9 Å². The van der Waals surface area contributed by atoms with E-state index in [4.69, 9.17) is 14.2 Å². The summed E-state index contributed by atoms with van der Waals surface area (Å²) >= 11 is 0. The predicted octanol–water partition coefficient (Wildman–Crippen LogP) is 4.55. The molecular weight excluding hydrogens is 351 g/mol. The zero-order valence-corrected chi connectivity index (χ0v) is 14.6. The minimum Gasteiger partial charge on any atom is -0.462 e. The molecule has 0 fully saturated rings. The fourth-order valence-electron chi connectivity index (χ4n) is 1.96. The molecule has 0 aliphatic carbocycles. The number of carbonyl (C=O) groups is 2. The van der Waals surface area contributed by atoms with Gasteiger partial charge in [-0.15, -0.1) is 0 Å². The monoisotopic (exact) mass is 368 g/mol. The Bertz CT molecular complexity index is 897. The maximum absolute atomic E-state index is 14.3. The van der Waals surface area contributed by atoms with Crippen LogP contribution in [0.1, 0.15) is 6.92 Å². The van der Waals surface area contributed by atoms with E-state index in [1.165, 1.54) is 13.0 Å². The van der Waals surface area contributed by atoms with Crippen molar-refractivity contribution in [3.05, 3.63) is 85.6 Å². The first-order chi connectivity index (χ1) is 12.9. The topological polar surface area (TPSA) is 61.8 Å². The first-order valence-electron chi connectivity index (χ1n) is 7.83. The molecule has 0 heterocycles. The second-order valence-corrected chi connectivity index (χ2v) is 5.37. The van der Waals surface area contributed by atoms with Crippen molar-refractivity contribution in [3.8, 4) is 22.6 Å². The molecule has 138 valence electrons. The number of carbonyl (C=O) groups excluding carboxylic acids is 2. The molecule has 0 aliphatic rings. The highest BCUT2D eigenvalue weighted by Crippen LogP contribution is 2.28. The van der Waals surface area contributed by atoms with Crippen LogP contribution in [0.2, 0.25) is 0 Å². The molecule has 0 saturated heterocycles. The number of benzene rings is 2. The molecule has 2 rings (SSSR count). The van der Waals surface area contributed by atoms with Crippen LogP contribution in [0.3, 0.4) is 0 Å². The molecular formula is C21H17FO5. The van der Waals surface area contributed by atoms with E-state index in [-0.39, 0.29) is 11.3 Å². The summed E-state index contributed by atoms with van der Waals surface area (Å²) < 4.78 is 29.2. The lowest BCUT2D eigenvalue weighted by Crippen LogP contribution is -2.02. The minimum absolute atomic E-state index is 0.232. The van der Waals surface area contributed by atoms with Gasteiger partial charge >= 0.3 is 11.9 Å². The van der Waals surface area contributed by atoms with Crippen LogP contribution < -0.4 is 9.47 Å². The Labute approximate surface area is 156 Å². The smallest absolute Gasteiger partial charge is 0.338 e. The highest BCUT2D eigenvalue weighted by Gasteiger charge is 2.08. The van der Waals surface area contributed by atoms with Gasteiger partial charge in [0.05, 0.1) is 0 Å². The van der Waals surface area contributed by atoms with Gasteiger partial charge in [0.15, 0.2) is 0 Å². The van der Waals surface area contributed by atoms with Gasteiger partial charge in [0.2, 0.25) is 0 Å². The molecule has 2 aromatic carbocycles. The summed E-state index contributed by atoms with van der Waals surface area (Å²) in [5.74, 6) is -1.10. The molecule has 0 aliphatic heterocycles. The zero-order chi connectivity index (χ0) is 19.8. The molecule has 0 bridgehead atoms. The summed E-state index contributed by atoms with van der Waals surface area (Å²) in [7, 11) is 0. The maximum Gasteiger partial charge on any atom is 0.338 e. The van der Waals surface area contributed by atoms with Crippen LogP contribution in [0.15, 0.2) is 79.8 Å². The van der Waals surface area contributed by atoms with Crippen LogP contribution >= 0.6 is 0 Å². The Balaban J connectivity index is 2.04. The molecule has 5 nitrogen and oxygen atoms in total. The van der Waals surface area contributed by atoms with Gasteiger partial charge in [-0.25, -0.2) is 14.0 Å². The van der Waals surface area contributed by atoms with Crippen LogP contribution in [-0.4, -0.2) is 11.9 Å². The normalized spacial score (nSPS) is 10.3. The third kappa shape index (κ3) is 5.67. The third-order valence-corrected chi connectivity index (χ3v) is 3.27. The molecule has 27 heavy (non-hydrogen) atoms. The number of ether oxygens (including phenoxy) is 3. The summed E-state index contributed by atoms with van der Waals surface area (Å²) in [5, 5.41) is 0. The van der Waals surface area contributed by atoms with Gasteiger partial charge in [-0.2, -0.15) is 0 Å². The van der Waals surface area contributed by atoms with Crippen LogP contribution in [0.4, 0.5) is 4.39 Å². The lowest BCUT2D eigenvalue weighted by molar-refractivity contribution is -0.133. The standard InChI is InChI=1S/C21H17FO5/c1-4-20(23)27-16-7-5-15(6-8-16)18-10-9-17(13-19(18)22)25-11-12-26-21(24)14(2)3/h4-13H,1-2H2,3H3. The largest absolute Gasteiger partial charge is 0.462 e. The fraction of sp³-hybridized carbons (Fsp3) is 0.0476. The SMILES string of the molecule is C=CC(=O)Oc1ccc(-c2ccc(OC=COC(=O)C(=C)C)cc2F)cc1. The van der Waals surface area contributed by atoms with E-state index in [2.05, 4.69) is 13.2 Å². The van der Waals surface area contributed by atoms with Crippen molar-refractivity contribution in [2.24, 2.45) is 0 Å². The van der Waals surface area contributed by atoms with E-state index >= 15 is 0 Å². The van der Waals surface area contributed by atoms with Crippen LogP contribution in [-0.2, 0) is 14.3 Å². The third-order valence-electron chi connectivity index (χ3n) is 3.27. The number of esters is 2. The maximum atomic E-state index is 14.3. The van der Waals surface area contributed by atoms with Gasteiger partial charge in [-0.3, -0.25) is 0 Å². The fourth-order valence-corrected chi connectivity index (χ4v) is 1.96. The average molecular weight is 368 g/mol. The van der Waals surface area contributed by atoms with Crippen molar-refractivity contribution < 1.29 is 28.2 Å². The van der Waals surface area contributed by atoms with Gasteiger partial charge in [0.25, 0.3) is 0 Å². The minimum atomic E-state index is -0.585. The summed E-state index contributed by atoms with van der Waals surface area (Å²) in [5.41, 5.74) is 1.20. The quantitative estimate of drug-likeness (QED) is 0.310. The zero-order valence-electron chi connectivity index (χ0n) is 14.6. The molecule has 0 amide bonds. The lowest BCUT2D eigenvalue weighted by atomic mass is 10.0. The second-order valence-electron chi connectivity index (χ2n) is 5.37. The Kier molecular flexibility index (Phi) is 6.66. The van der Waals surface area contributed by atoms with Crippen LogP contribution in [0.25, 0.3) is 11.1 Å². The Morgan fingerprint density at radius 3 is 2.30 bits per heavy atom. The van der Waals surface area contributed by atoms with Crippen molar-refractivity contribution in [2.75, 3.05) is 0 Å². The van der Waals surface area contributed by atoms with Crippen molar-refractivity contribution >= 4 is 11.9 Å². The number of halogens is 1. The molecule has 0 unspecified atom stereocenters. The molecule has 0 spiro atoms. The Morgan fingerprint density at radius 1 is 1.04 bits per heavy atom. The van der Waals surface area contributed by atoms with E-state index in [1.54, 1.807) is 36.4 Å². The van der Waals surface area contributed by atoms with E-state index in [9.17, 15) is 14.0 Å². The summed E-state index contributed by atoms with van der Waals surface area (Å²) in [6, 6.07) is 10.7. The second kappa shape index (κ2) is 9.15. The van der Waals surface area contributed by atoms with E-state index < -0.39 is 17.8 Å². The Morgan fingerprint density at radius 2 is 1.70 bits per heavy atom.